The molecular formula is C20H22N4O2S2. The Labute approximate surface area is 172 Å². The maximum absolute atomic E-state index is 12.4. The lowest BCUT2D eigenvalue weighted by atomic mass is 10.1. The van der Waals surface area contributed by atoms with Crippen LogP contribution >= 0.6 is 22.7 Å². The Bertz CT molecular complexity index is 922. The summed E-state index contributed by atoms with van der Waals surface area (Å²) in [6, 6.07) is 11.0. The summed E-state index contributed by atoms with van der Waals surface area (Å²) in [5.41, 5.74) is 1.07. The molecule has 0 aliphatic rings. The first-order valence-electron chi connectivity index (χ1n) is 9.20. The molecule has 0 bridgehead atoms. The van der Waals surface area contributed by atoms with Crippen molar-refractivity contribution in [2.24, 2.45) is 0 Å². The van der Waals surface area contributed by atoms with Crippen molar-refractivity contribution < 1.29 is 9.59 Å². The summed E-state index contributed by atoms with van der Waals surface area (Å²) in [5, 5.41) is 17.1. The normalized spacial score (nSPS) is 10.6. The molecule has 0 saturated carbocycles. The van der Waals surface area contributed by atoms with Crippen molar-refractivity contribution in [3.8, 4) is 0 Å². The Morgan fingerprint density at radius 3 is 2.75 bits per heavy atom. The third-order valence-electron chi connectivity index (χ3n) is 3.97. The molecule has 0 unspecified atom stereocenters. The van der Waals surface area contributed by atoms with Gasteiger partial charge in [-0.1, -0.05) is 30.4 Å². The molecule has 3 aromatic rings. The van der Waals surface area contributed by atoms with Crippen LogP contribution in [0.1, 0.15) is 46.4 Å². The van der Waals surface area contributed by atoms with Crippen molar-refractivity contribution in [2.75, 3.05) is 10.6 Å². The van der Waals surface area contributed by atoms with Crippen LogP contribution in [0.5, 0.6) is 0 Å². The molecule has 28 heavy (non-hydrogen) atoms. The number of carbonyl (C=O) groups excluding carboxylic acids is 2. The summed E-state index contributed by atoms with van der Waals surface area (Å²) < 4.78 is 0. The number of hydrogen-bond acceptors (Lipinski definition) is 6. The van der Waals surface area contributed by atoms with E-state index in [9.17, 15) is 9.59 Å². The Kier molecular flexibility index (Phi) is 7.27. The number of amides is 2. The molecule has 8 heteroatoms. The van der Waals surface area contributed by atoms with Crippen LogP contribution in [0.4, 0.5) is 10.8 Å². The highest BCUT2D eigenvalue weighted by atomic mass is 32.1. The van der Waals surface area contributed by atoms with E-state index in [0.717, 1.165) is 30.7 Å². The van der Waals surface area contributed by atoms with Crippen molar-refractivity contribution in [1.29, 1.82) is 0 Å². The number of nitrogens with one attached hydrogen (secondary N) is 2. The lowest BCUT2D eigenvalue weighted by Gasteiger charge is -2.07. The molecule has 0 aliphatic carbocycles. The van der Waals surface area contributed by atoms with Crippen molar-refractivity contribution in [3.63, 3.8) is 0 Å². The molecule has 3 rings (SSSR count). The lowest BCUT2D eigenvalue weighted by Crippen LogP contribution is -2.14. The predicted octanol–water partition coefficient (Wildman–Crippen LogP) is 4.77. The predicted molar refractivity (Wildman–Crippen MR) is 114 cm³/mol. The minimum Gasteiger partial charge on any atom is -0.326 e. The van der Waals surface area contributed by atoms with E-state index in [1.54, 1.807) is 35.6 Å². The first-order valence-corrected chi connectivity index (χ1v) is 10.9. The zero-order valence-corrected chi connectivity index (χ0v) is 17.2. The SMILES string of the molecule is CCCc1nnc(NC(=O)c2cccc(NC(=O)CCCc3cccs3)c2)s1. The molecule has 0 fully saturated rings. The number of aromatic nitrogens is 2. The number of aryl methyl sites for hydroxylation is 2. The molecule has 0 radical (unpaired) electrons. The lowest BCUT2D eigenvalue weighted by molar-refractivity contribution is -0.116. The van der Waals surface area contributed by atoms with Gasteiger partial charge in [-0.2, -0.15) is 0 Å². The van der Waals surface area contributed by atoms with E-state index in [-0.39, 0.29) is 11.8 Å². The summed E-state index contributed by atoms with van der Waals surface area (Å²) in [6.45, 7) is 2.07. The fourth-order valence-electron chi connectivity index (χ4n) is 2.63. The minimum absolute atomic E-state index is 0.0533. The van der Waals surface area contributed by atoms with Gasteiger partial charge in [-0.15, -0.1) is 21.5 Å². The van der Waals surface area contributed by atoms with Crippen molar-refractivity contribution in [3.05, 3.63) is 57.2 Å². The van der Waals surface area contributed by atoms with Gasteiger partial charge >= 0.3 is 0 Å². The Balaban J connectivity index is 1.52. The minimum atomic E-state index is -0.270. The number of carbonyl (C=O) groups is 2. The molecule has 0 spiro atoms. The molecule has 6 nitrogen and oxygen atoms in total. The van der Waals surface area contributed by atoms with Crippen LogP contribution in [-0.2, 0) is 17.6 Å². The van der Waals surface area contributed by atoms with E-state index >= 15 is 0 Å². The van der Waals surface area contributed by atoms with Gasteiger partial charge in [0.05, 0.1) is 0 Å². The van der Waals surface area contributed by atoms with E-state index in [0.29, 0.717) is 22.8 Å². The van der Waals surface area contributed by atoms with Gasteiger partial charge in [-0.05, 0) is 48.9 Å². The summed E-state index contributed by atoms with van der Waals surface area (Å²) >= 11 is 3.08. The van der Waals surface area contributed by atoms with Gasteiger partial charge in [0.2, 0.25) is 11.0 Å². The first kappa shape index (κ1) is 20.2. The molecule has 0 aliphatic heterocycles. The van der Waals surface area contributed by atoms with E-state index in [4.69, 9.17) is 0 Å². The monoisotopic (exact) mass is 414 g/mol. The fourth-order valence-corrected chi connectivity index (χ4v) is 4.22. The second kappa shape index (κ2) is 10.1. The highest BCUT2D eigenvalue weighted by Gasteiger charge is 2.11. The summed E-state index contributed by atoms with van der Waals surface area (Å²) in [6.07, 6.45) is 3.97. The maximum atomic E-state index is 12.4. The van der Waals surface area contributed by atoms with Crippen LogP contribution in [0.2, 0.25) is 0 Å². The standard InChI is InChI=1S/C20H22N4O2S2/c1-2-6-18-23-24-20(28-18)22-19(26)14-7-3-8-15(13-14)21-17(25)11-4-9-16-10-5-12-27-16/h3,5,7-8,10,12-13H,2,4,6,9,11H2,1H3,(H,21,25)(H,22,24,26). The Hall–Kier alpha value is -2.58. The first-order chi connectivity index (χ1) is 13.6. The van der Waals surface area contributed by atoms with Gasteiger partial charge in [0.1, 0.15) is 5.01 Å². The second-order valence-electron chi connectivity index (χ2n) is 6.27. The van der Waals surface area contributed by atoms with E-state index in [1.165, 1.54) is 16.2 Å². The second-order valence-corrected chi connectivity index (χ2v) is 8.36. The van der Waals surface area contributed by atoms with Gasteiger partial charge in [-0.25, -0.2) is 0 Å². The van der Waals surface area contributed by atoms with Crippen LogP contribution in [-0.4, -0.2) is 22.0 Å². The smallest absolute Gasteiger partial charge is 0.257 e. The molecule has 0 saturated heterocycles. The number of nitrogens with zero attached hydrogens (tertiary/aromatic N) is 2. The van der Waals surface area contributed by atoms with E-state index in [2.05, 4.69) is 33.8 Å². The van der Waals surface area contributed by atoms with Crippen molar-refractivity contribution in [1.82, 2.24) is 10.2 Å². The summed E-state index contributed by atoms with van der Waals surface area (Å²) in [7, 11) is 0. The number of benzene rings is 1. The molecule has 146 valence electrons. The molecule has 2 aromatic heterocycles. The van der Waals surface area contributed by atoms with Gasteiger partial charge in [0, 0.05) is 29.0 Å². The van der Waals surface area contributed by atoms with Gasteiger partial charge in [0.25, 0.3) is 5.91 Å². The van der Waals surface area contributed by atoms with Crippen LogP contribution in [0.25, 0.3) is 0 Å². The van der Waals surface area contributed by atoms with Crippen LogP contribution in [0.15, 0.2) is 41.8 Å². The average Bonchev–Trinajstić information content (AvgIpc) is 3.34. The van der Waals surface area contributed by atoms with E-state index < -0.39 is 0 Å². The molecular weight excluding hydrogens is 392 g/mol. The molecule has 2 heterocycles. The van der Waals surface area contributed by atoms with Gasteiger partial charge in [0.15, 0.2) is 0 Å². The number of hydrogen-bond donors (Lipinski definition) is 2. The highest BCUT2D eigenvalue weighted by Crippen LogP contribution is 2.19. The third-order valence-corrected chi connectivity index (χ3v) is 5.80. The largest absolute Gasteiger partial charge is 0.326 e. The Morgan fingerprint density at radius 2 is 1.96 bits per heavy atom. The highest BCUT2D eigenvalue weighted by molar-refractivity contribution is 7.15. The zero-order chi connectivity index (χ0) is 19.8. The van der Waals surface area contributed by atoms with Gasteiger partial charge in [-0.3, -0.25) is 14.9 Å². The average molecular weight is 415 g/mol. The fraction of sp³-hybridized carbons (Fsp3) is 0.300. The van der Waals surface area contributed by atoms with Crippen molar-refractivity contribution in [2.45, 2.75) is 39.0 Å². The molecule has 1 aromatic carbocycles. The number of thiophene rings is 1. The summed E-state index contributed by atoms with van der Waals surface area (Å²) in [4.78, 5) is 25.9. The topological polar surface area (TPSA) is 84.0 Å². The quantitative estimate of drug-likeness (QED) is 0.528. The van der Waals surface area contributed by atoms with Crippen LogP contribution in [0, 0.1) is 0 Å². The van der Waals surface area contributed by atoms with Gasteiger partial charge < -0.3 is 5.32 Å². The summed E-state index contributed by atoms with van der Waals surface area (Å²) in [5.74, 6) is -0.324. The molecule has 2 N–H and O–H groups in total. The Morgan fingerprint density at radius 1 is 1.07 bits per heavy atom. The molecule has 2 amide bonds. The van der Waals surface area contributed by atoms with Crippen molar-refractivity contribution >= 4 is 45.3 Å². The maximum Gasteiger partial charge on any atom is 0.257 e. The van der Waals surface area contributed by atoms with Crippen LogP contribution in [0.3, 0.4) is 0 Å². The number of rotatable bonds is 9. The third kappa shape index (κ3) is 5.97. The zero-order valence-electron chi connectivity index (χ0n) is 15.6. The number of anilines is 2. The molecule has 0 atom stereocenters. The van der Waals surface area contributed by atoms with Crippen LogP contribution < -0.4 is 10.6 Å². The van der Waals surface area contributed by atoms with E-state index in [1.807, 2.05) is 11.4 Å².